The van der Waals surface area contributed by atoms with E-state index >= 15 is 0 Å². The number of hydrogen-bond acceptors (Lipinski definition) is 6. The predicted molar refractivity (Wildman–Crippen MR) is 259 cm³/mol. The Hall–Kier alpha value is -8.74. The Balaban J connectivity index is 1.04. The lowest BCUT2D eigenvalue weighted by atomic mass is 9.65. The van der Waals surface area contributed by atoms with Crippen LogP contribution in [0.15, 0.2) is 211 Å². The first-order chi connectivity index (χ1) is 32.2. The number of furan rings is 1. The van der Waals surface area contributed by atoms with Gasteiger partial charge in [-0.3, -0.25) is 0 Å². The highest BCUT2D eigenvalue weighted by atomic mass is 16.5. The van der Waals surface area contributed by atoms with Gasteiger partial charge in [0, 0.05) is 54.7 Å². The van der Waals surface area contributed by atoms with Crippen LogP contribution in [0.5, 0.6) is 11.5 Å². The van der Waals surface area contributed by atoms with Gasteiger partial charge < -0.3 is 9.15 Å². The molecule has 0 amide bonds. The first-order valence-electron chi connectivity index (χ1n) is 21.9. The molecule has 302 valence electrons. The zero-order chi connectivity index (χ0) is 42.6. The summed E-state index contributed by atoms with van der Waals surface area (Å²) in [5.41, 5.74) is 13.3. The van der Waals surface area contributed by atoms with E-state index in [0.29, 0.717) is 17.5 Å². The van der Waals surface area contributed by atoms with Crippen molar-refractivity contribution in [2.75, 3.05) is 0 Å². The average molecular weight is 831 g/mol. The lowest BCUT2D eigenvalue weighted by Crippen LogP contribution is -2.32. The highest BCUT2D eigenvalue weighted by Crippen LogP contribution is 2.63. The second-order valence-corrected chi connectivity index (χ2v) is 16.8. The molecule has 65 heavy (non-hydrogen) atoms. The number of ether oxygens (including phenoxy) is 1. The molecule has 4 heterocycles. The van der Waals surface area contributed by atoms with E-state index in [1.807, 2.05) is 66.7 Å². The SMILES string of the molecule is c1ccc(-c2nc(-c3ccc4c(c3)nc(-c3ccccc3)c3ccc5c(c34)Oc3ccccc3C53c4ccccc4-c4ccccc43)nc(-c3cccc4c3oc3ccccc34)n2)cc1. The maximum Gasteiger partial charge on any atom is 0.167 e. The third-order valence-corrected chi connectivity index (χ3v) is 13.4. The lowest BCUT2D eigenvalue weighted by molar-refractivity contribution is 0.442. The van der Waals surface area contributed by atoms with Gasteiger partial charge in [-0.25, -0.2) is 19.9 Å². The molecule has 14 rings (SSSR count). The monoisotopic (exact) mass is 830 g/mol. The fourth-order valence-electron chi connectivity index (χ4n) is 10.6. The summed E-state index contributed by atoms with van der Waals surface area (Å²) in [5, 5.41) is 5.05. The highest BCUT2D eigenvalue weighted by Gasteiger charge is 2.51. The van der Waals surface area contributed by atoms with Crippen LogP contribution >= 0.6 is 0 Å². The Labute approximate surface area is 373 Å². The molecule has 0 N–H and O–H groups in total. The standard InChI is InChI=1S/C59H34N4O2/c1-3-16-35(17-4-1)53-43-32-33-48-55(65-51-29-14-12-27-47(51)59(48)45-25-10-7-20-38(45)39-21-8-11-26-46(39)59)52(43)42-31-30-37(34-49(42)60-53)57-61-56(36-18-5-2-6-19-36)62-58(63-57)44-24-15-23-41-40-22-9-13-28-50(40)64-54(41)44/h1-34H. The molecule has 0 radical (unpaired) electrons. The van der Waals surface area contributed by atoms with Gasteiger partial charge in [0.05, 0.1) is 22.2 Å². The number of aromatic nitrogens is 4. The summed E-state index contributed by atoms with van der Waals surface area (Å²) >= 11 is 0. The average Bonchev–Trinajstić information content (AvgIpc) is 3.90. The van der Waals surface area contributed by atoms with Gasteiger partial charge in [0.2, 0.25) is 0 Å². The second-order valence-electron chi connectivity index (χ2n) is 16.8. The highest BCUT2D eigenvalue weighted by molar-refractivity contribution is 6.16. The molecule has 6 nitrogen and oxygen atoms in total. The van der Waals surface area contributed by atoms with Crippen LogP contribution in [0.4, 0.5) is 0 Å². The largest absolute Gasteiger partial charge is 0.456 e. The van der Waals surface area contributed by atoms with E-state index in [0.717, 1.165) is 94.2 Å². The number of nitrogens with zero attached hydrogens (tertiary/aromatic N) is 4. The van der Waals surface area contributed by atoms with Crippen molar-refractivity contribution in [1.29, 1.82) is 0 Å². The molecule has 0 atom stereocenters. The molecule has 9 aromatic carbocycles. The van der Waals surface area contributed by atoms with Crippen LogP contribution in [-0.2, 0) is 5.41 Å². The summed E-state index contributed by atoms with van der Waals surface area (Å²) in [4.78, 5) is 21.0. The number of rotatable bonds is 4. The molecular weight excluding hydrogens is 797 g/mol. The minimum absolute atomic E-state index is 0.526. The van der Waals surface area contributed by atoms with Crippen LogP contribution < -0.4 is 4.74 Å². The van der Waals surface area contributed by atoms with Gasteiger partial charge in [-0.2, -0.15) is 0 Å². The Morgan fingerprint density at radius 3 is 1.75 bits per heavy atom. The first kappa shape index (κ1) is 35.8. The van der Waals surface area contributed by atoms with Crippen molar-refractivity contribution in [3.8, 4) is 68.0 Å². The first-order valence-corrected chi connectivity index (χ1v) is 21.9. The smallest absolute Gasteiger partial charge is 0.167 e. The van der Waals surface area contributed by atoms with E-state index in [9.17, 15) is 0 Å². The van der Waals surface area contributed by atoms with Crippen LogP contribution in [0.25, 0.3) is 100 Å². The van der Waals surface area contributed by atoms with E-state index < -0.39 is 5.41 Å². The summed E-state index contributed by atoms with van der Waals surface area (Å²) in [6.07, 6.45) is 0. The van der Waals surface area contributed by atoms with Gasteiger partial charge in [-0.15, -0.1) is 0 Å². The molecule has 0 bridgehead atoms. The van der Waals surface area contributed by atoms with Gasteiger partial charge in [0.15, 0.2) is 17.5 Å². The van der Waals surface area contributed by atoms with E-state index in [2.05, 4.69) is 140 Å². The van der Waals surface area contributed by atoms with Crippen molar-refractivity contribution in [2.45, 2.75) is 5.41 Å². The number of benzene rings is 9. The number of hydrogen-bond donors (Lipinski definition) is 0. The fourth-order valence-corrected chi connectivity index (χ4v) is 10.6. The van der Waals surface area contributed by atoms with Crippen LogP contribution in [0, 0.1) is 0 Å². The zero-order valence-electron chi connectivity index (χ0n) is 34.7. The van der Waals surface area contributed by atoms with Crippen LogP contribution in [0.1, 0.15) is 22.3 Å². The van der Waals surface area contributed by atoms with Crippen LogP contribution in [-0.4, -0.2) is 19.9 Å². The van der Waals surface area contributed by atoms with E-state index in [1.54, 1.807) is 0 Å². The topological polar surface area (TPSA) is 73.9 Å². The van der Waals surface area contributed by atoms with Gasteiger partial charge >= 0.3 is 0 Å². The molecule has 1 aliphatic carbocycles. The quantitative estimate of drug-likeness (QED) is 0.165. The maximum absolute atomic E-state index is 7.24. The molecule has 6 heteroatoms. The van der Waals surface area contributed by atoms with Gasteiger partial charge in [-0.05, 0) is 46.5 Å². The molecule has 0 saturated heterocycles. The summed E-state index contributed by atoms with van der Waals surface area (Å²) < 4.78 is 13.7. The molecule has 0 unspecified atom stereocenters. The van der Waals surface area contributed by atoms with E-state index in [4.69, 9.17) is 29.1 Å². The molecule has 1 spiro atoms. The van der Waals surface area contributed by atoms with Crippen molar-refractivity contribution in [3.63, 3.8) is 0 Å². The molecule has 2 aliphatic rings. The lowest BCUT2D eigenvalue weighted by Gasteiger charge is -2.40. The molecule has 12 aromatic rings. The van der Waals surface area contributed by atoms with Gasteiger partial charge in [0.25, 0.3) is 0 Å². The van der Waals surface area contributed by atoms with E-state index in [1.165, 1.54) is 22.3 Å². The summed E-state index contributed by atoms with van der Waals surface area (Å²) in [6.45, 7) is 0. The molecule has 1 aliphatic heterocycles. The normalized spacial score (nSPS) is 13.2. The molecule has 0 saturated carbocycles. The maximum atomic E-state index is 7.24. The van der Waals surface area contributed by atoms with Crippen LogP contribution in [0.3, 0.4) is 0 Å². The Morgan fingerprint density at radius 2 is 0.969 bits per heavy atom. The fraction of sp³-hybridized carbons (Fsp3) is 0.0169. The number of fused-ring (bicyclic) bond motifs is 16. The minimum atomic E-state index is -0.605. The van der Waals surface area contributed by atoms with Crippen molar-refractivity contribution in [1.82, 2.24) is 19.9 Å². The van der Waals surface area contributed by atoms with Crippen molar-refractivity contribution in [2.24, 2.45) is 0 Å². The third kappa shape index (κ3) is 5.10. The second kappa shape index (κ2) is 13.6. The third-order valence-electron chi connectivity index (χ3n) is 13.4. The molecule has 0 fully saturated rings. The predicted octanol–water partition coefficient (Wildman–Crippen LogP) is 14.6. The molecular formula is C59H34N4O2. The van der Waals surface area contributed by atoms with Crippen molar-refractivity contribution < 1.29 is 9.15 Å². The summed E-state index contributed by atoms with van der Waals surface area (Å²) in [6, 6.07) is 71.9. The minimum Gasteiger partial charge on any atom is -0.456 e. The summed E-state index contributed by atoms with van der Waals surface area (Å²) in [5.74, 6) is 3.30. The Bertz CT molecular complexity index is 3890. The Morgan fingerprint density at radius 1 is 0.369 bits per heavy atom. The van der Waals surface area contributed by atoms with Crippen molar-refractivity contribution >= 4 is 43.6 Å². The molecule has 3 aromatic heterocycles. The summed E-state index contributed by atoms with van der Waals surface area (Å²) in [7, 11) is 0. The number of pyridine rings is 1. The number of para-hydroxylation sites is 3. The van der Waals surface area contributed by atoms with E-state index in [-0.39, 0.29) is 0 Å². The van der Waals surface area contributed by atoms with Gasteiger partial charge in [0.1, 0.15) is 22.7 Å². The zero-order valence-corrected chi connectivity index (χ0v) is 34.7. The van der Waals surface area contributed by atoms with Crippen molar-refractivity contribution in [3.05, 3.63) is 229 Å². The van der Waals surface area contributed by atoms with Crippen LogP contribution in [0.2, 0.25) is 0 Å². The van der Waals surface area contributed by atoms with Gasteiger partial charge in [-0.1, -0.05) is 182 Å². The Kier molecular flexibility index (Phi) is 7.51.